The first kappa shape index (κ1) is 22.5. The molecule has 1 atom stereocenters. The average Bonchev–Trinajstić information content (AvgIpc) is 2.77. The molecule has 3 rings (SSSR count). The smallest absolute Gasteiger partial charge is 0.342 e. The van der Waals surface area contributed by atoms with Crippen LogP contribution in [0.4, 0.5) is 4.79 Å². The monoisotopic (exact) mass is 442 g/mol. The van der Waals surface area contributed by atoms with Gasteiger partial charge in [0.2, 0.25) is 0 Å². The van der Waals surface area contributed by atoms with Crippen molar-refractivity contribution in [2.75, 3.05) is 20.3 Å². The van der Waals surface area contributed by atoms with Gasteiger partial charge in [0.15, 0.2) is 0 Å². The van der Waals surface area contributed by atoms with Crippen molar-refractivity contribution >= 4 is 18.0 Å². The first-order valence-electron chi connectivity index (χ1n) is 9.64. The van der Waals surface area contributed by atoms with Crippen LogP contribution in [0, 0.1) is 0 Å². The minimum Gasteiger partial charge on any atom is -0.508 e. The Hall–Kier alpha value is -4.21. The van der Waals surface area contributed by atoms with Gasteiger partial charge in [-0.2, -0.15) is 0 Å². The minimum atomic E-state index is -0.910. The molecule has 0 spiro atoms. The predicted molar refractivity (Wildman–Crippen MR) is 111 cm³/mol. The molecular formula is C22H22N2O8. The molecule has 2 aromatic rings. The van der Waals surface area contributed by atoms with Gasteiger partial charge in [0.05, 0.1) is 31.0 Å². The topological polar surface area (TPSA) is 143 Å². The minimum absolute atomic E-state index is 0.0413. The van der Waals surface area contributed by atoms with Gasteiger partial charge in [0, 0.05) is 6.07 Å². The number of carbonyl (C=O) groups is 3. The van der Waals surface area contributed by atoms with E-state index in [0.717, 1.165) is 6.07 Å². The summed E-state index contributed by atoms with van der Waals surface area (Å²) in [6.07, 6.45) is 0. The van der Waals surface area contributed by atoms with E-state index in [9.17, 15) is 24.6 Å². The molecule has 0 bridgehead atoms. The molecule has 1 heterocycles. The van der Waals surface area contributed by atoms with Crippen molar-refractivity contribution in [2.45, 2.75) is 13.0 Å². The van der Waals surface area contributed by atoms with Crippen LogP contribution in [0.3, 0.4) is 0 Å². The van der Waals surface area contributed by atoms with E-state index < -0.39 is 36.4 Å². The molecule has 10 nitrogen and oxygen atoms in total. The number of aromatic hydroxyl groups is 2. The summed E-state index contributed by atoms with van der Waals surface area (Å²) in [5.41, 5.74) is 0.510. The molecule has 0 aromatic heterocycles. The van der Waals surface area contributed by atoms with Crippen molar-refractivity contribution in [1.82, 2.24) is 10.6 Å². The summed E-state index contributed by atoms with van der Waals surface area (Å²) < 4.78 is 15.5. The predicted octanol–water partition coefficient (Wildman–Crippen LogP) is 2.13. The van der Waals surface area contributed by atoms with Crippen LogP contribution in [-0.2, 0) is 14.3 Å². The Morgan fingerprint density at radius 2 is 1.75 bits per heavy atom. The fraction of sp³-hybridized carbons (Fsp3) is 0.227. The van der Waals surface area contributed by atoms with Gasteiger partial charge >= 0.3 is 18.0 Å². The van der Waals surface area contributed by atoms with Crippen molar-refractivity contribution in [3.8, 4) is 17.2 Å². The maximum atomic E-state index is 12.7. The van der Waals surface area contributed by atoms with Gasteiger partial charge in [-0.15, -0.1) is 0 Å². The summed E-state index contributed by atoms with van der Waals surface area (Å²) in [5, 5.41) is 24.4. The summed E-state index contributed by atoms with van der Waals surface area (Å²) in [4.78, 5) is 37.4. The molecule has 0 saturated heterocycles. The highest BCUT2D eigenvalue weighted by Gasteiger charge is 2.34. The molecule has 32 heavy (non-hydrogen) atoms. The van der Waals surface area contributed by atoms with Crippen LogP contribution in [0.1, 0.15) is 28.9 Å². The lowest BCUT2D eigenvalue weighted by atomic mass is 9.95. The SMILES string of the molecule is CCOC(=O)C1=C(COC(=O)c2ccc(O)cc2O)NC(=O)NC1c1ccc(OC)cc1. The van der Waals surface area contributed by atoms with Crippen LogP contribution in [0.5, 0.6) is 17.2 Å². The van der Waals surface area contributed by atoms with Crippen LogP contribution in [0.25, 0.3) is 0 Å². The van der Waals surface area contributed by atoms with E-state index in [2.05, 4.69) is 10.6 Å². The average molecular weight is 442 g/mol. The van der Waals surface area contributed by atoms with E-state index in [0.29, 0.717) is 11.3 Å². The maximum Gasteiger partial charge on any atom is 0.342 e. The van der Waals surface area contributed by atoms with Crippen molar-refractivity contribution in [3.05, 3.63) is 64.9 Å². The Labute approximate surface area is 183 Å². The highest BCUT2D eigenvalue weighted by Crippen LogP contribution is 2.30. The number of phenolic OH excluding ortho intramolecular Hbond substituents is 2. The number of carbonyl (C=O) groups excluding carboxylic acids is 3. The van der Waals surface area contributed by atoms with Gasteiger partial charge in [-0.05, 0) is 36.8 Å². The number of amides is 2. The largest absolute Gasteiger partial charge is 0.508 e. The number of benzene rings is 2. The van der Waals surface area contributed by atoms with E-state index in [-0.39, 0.29) is 29.2 Å². The number of esters is 2. The quantitative estimate of drug-likeness (QED) is 0.478. The zero-order chi connectivity index (χ0) is 23.3. The molecule has 2 amide bonds. The van der Waals surface area contributed by atoms with E-state index in [1.807, 2.05) is 0 Å². The Kier molecular flexibility index (Phi) is 6.83. The first-order chi connectivity index (χ1) is 15.3. The summed E-state index contributed by atoms with van der Waals surface area (Å²) in [6.45, 7) is 1.27. The third kappa shape index (κ3) is 4.91. The van der Waals surface area contributed by atoms with Crippen molar-refractivity contribution in [1.29, 1.82) is 0 Å². The fourth-order valence-electron chi connectivity index (χ4n) is 3.14. The number of urea groups is 1. The molecule has 0 aliphatic carbocycles. The highest BCUT2D eigenvalue weighted by molar-refractivity contribution is 5.96. The molecule has 1 aliphatic rings. The van der Waals surface area contributed by atoms with Gasteiger partial charge < -0.3 is 35.1 Å². The number of methoxy groups -OCH3 is 1. The Bertz CT molecular complexity index is 1060. The number of rotatable bonds is 7. The van der Waals surface area contributed by atoms with Crippen LogP contribution < -0.4 is 15.4 Å². The van der Waals surface area contributed by atoms with Crippen molar-refractivity contribution < 1.29 is 38.8 Å². The maximum absolute atomic E-state index is 12.7. The molecular weight excluding hydrogens is 420 g/mol. The molecule has 2 aromatic carbocycles. The Balaban J connectivity index is 1.92. The van der Waals surface area contributed by atoms with Gasteiger partial charge in [-0.3, -0.25) is 0 Å². The number of hydrogen-bond donors (Lipinski definition) is 4. The molecule has 0 fully saturated rings. The lowest BCUT2D eigenvalue weighted by Gasteiger charge is -2.29. The normalized spacial score (nSPS) is 15.4. The summed E-state index contributed by atoms with van der Waals surface area (Å²) >= 11 is 0. The third-order valence-corrected chi connectivity index (χ3v) is 4.65. The number of nitrogens with one attached hydrogen (secondary N) is 2. The van der Waals surface area contributed by atoms with Gasteiger partial charge in [0.25, 0.3) is 0 Å². The lowest BCUT2D eigenvalue weighted by molar-refractivity contribution is -0.139. The van der Waals surface area contributed by atoms with E-state index in [4.69, 9.17) is 14.2 Å². The van der Waals surface area contributed by atoms with E-state index in [1.54, 1.807) is 31.2 Å². The standard InChI is InChI=1S/C22H22N2O8/c1-3-31-21(28)18-16(11-32-20(27)15-9-6-13(25)10-17(15)26)23-22(29)24-19(18)12-4-7-14(30-2)8-5-12/h4-10,19,25-26H,3,11H2,1-2H3,(H2,23,24,29). The molecule has 0 radical (unpaired) electrons. The van der Waals surface area contributed by atoms with Crippen LogP contribution in [-0.4, -0.2) is 48.5 Å². The number of hydrogen-bond acceptors (Lipinski definition) is 8. The van der Waals surface area contributed by atoms with Gasteiger partial charge in [0.1, 0.15) is 29.4 Å². The fourth-order valence-corrected chi connectivity index (χ4v) is 3.14. The third-order valence-electron chi connectivity index (χ3n) is 4.65. The van der Waals surface area contributed by atoms with Crippen LogP contribution >= 0.6 is 0 Å². The number of ether oxygens (including phenoxy) is 3. The second-order valence-electron chi connectivity index (χ2n) is 6.69. The highest BCUT2D eigenvalue weighted by atomic mass is 16.5. The van der Waals surface area contributed by atoms with Gasteiger partial charge in [-0.1, -0.05) is 12.1 Å². The van der Waals surface area contributed by atoms with E-state index in [1.165, 1.54) is 19.2 Å². The molecule has 1 aliphatic heterocycles. The lowest BCUT2D eigenvalue weighted by Crippen LogP contribution is -2.47. The van der Waals surface area contributed by atoms with Crippen LogP contribution in [0.2, 0.25) is 0 Å². The second kappa shape index (κ2) is 9.73. The van der Waals surface area contributed by atoms with Crippen molar-refractivity contribution in [3.63, 3.8) is 0 Å². The second-order valence-corrected chi connectivity index (χ2v) is 6.69. The number of phenols is 2. The summed E-state index contributed by atoms with van der Waals surface area (Å²) in [5.74, 6) is -1.70. The zero-order valence-corrected chi connectivity index (χ0v) is 17.4. The zero-order valence-electron chi connectivity index (χ0n) is 17.4. The van der Waals surface area contributed by atoms with Crippen LogP contribution in [0.15, 0.2) is 53.7 Å². The Morgan fingerprint density at radius 1 is 1.03 bits per heavy atom. The molecule has 10 heteroatoms. The molecule has 4 N–H and O–H groups in total. The molecule has 168 valence electrons. The molecule has 0 saturated carbocycles. The molecule has 1 unspecified atom stereocenters. The van der Waals surface area contributed by atoms with Gasteiger partial charge in [-0.25, -0.2) is 14.4 Å². The first-order valence-corrected chi connectivity index (χ1v) is 9.64. The Morgan fingerprint density at radius 3 is 2.38 bits per heavy atom. The summed E-state index contributed by atoms with van der Waals surface area (Å²) in [6, 6.07) is 8.67. The van der Waals surface area contributed by atoms with Crippen molar-refractivity contribution in [2.24, 2.45) is 0 Å². The summed E-state index contributed by atoms with van der Waals surface area (Å²) in [7, 11) is 1.52. The van der Waals surface area contributed by atoms with E-state index >= 15 is 0 Å².